The van der Waals surface area contributed by atoms with Crippen molar-refractivity contribution in [3.63, 3.8) is 0 Å². The van der Waals surface area contributed by atoms with Crippen LogP contribution in [0.1, 0.15) is 10.5 Å². The molecule has 1 fully saturated rings. The molecule has 152 valence electrons. The Hall–Kier alpha value is -2.88. The van der Waals surface area contributed by atoms with Crippen LogP contribution in [-0.2, 0) is 14.8 Å². The summed E-state index contributed by atoms with van der Waals surface area (Å²) in [6.45, 7) is 0.748. The maximum Gasteiger partial charge on any atom is 0.266 e. The van der Waals surface area contributed by atoms with Crippen molar-refractivity contribution in [3.8, 4) is 5.75 Å². The number of aromatic nitrogens is 1. The number of nitrogens with two attached hydrogens (primary N) is 1. The summed E-state index contributed by atoms with van der Waals surface area (Å²) in [6.07, 6.45) is -0.430. The first-order valence-corrected chi connectivity index (χ1v) is 10.6. The quantitative estimate of drug-likeness (QED) is 0.636. The number of hydrogen-bond donors (Lipinski definition) is 2. The highest BCUT2D eigenvalue weighted by Gasteiger charge is 2.36. The van der Waals surface area contributed by atoms with E-state index >= 15 is 0 Å². The van der Waals surface area contributed by atoms with Crippen LogP contribution >= 0.6 is 0 Å². The van der Waals surface area contributed by atoms with Crippen molar-refractivity contribution in [1.82, 2.24) is 9.29 Å². The van der Waals surface area contributed by atoms with E-state index in [0.29, 0.717) is 16.7 Å². The number of carbonyl (C=O) groups is 1. The molecule has 0 bridgehead atoms. The predicted molar refractivity (Wildman–Crippen MR) is 107 cm³/mol. The van der Waals surface area contributed by atoms with E-state index in [4.69, 9.17) is 15.2 Å². The van der Waals surface area contributed by atoms with E-state index < -0.39 is 22.0 Å². The monoisotopic (exact) mass is 415 g/mol. The molecular weight excluding hydrogens is 394 g/mol. The number of sulfonamides is 1. The van der Waals surface area contributed by atoms with Gasteiger partial charge >= 0.3 is 0 Å². The third kappa shape index (κ3) is 3.84. The second-order valence-corrected chi connectivity index (χ2v) is 8.59. The van der Waals surface area contributed by atoms with Crippen LogP contribution in [0.5, 0.6) is 5.75 Å². The molecule has 1 aliphatic heterocycles. The van der Waals surface area contributed by atoms with E-state index in [1.54, 1.807) is 24.3 Å². The smallest absolute Gasteiger partial charge is 0.266 e. The maximum absolute atomic E-state index is 13.4. The van der Waals surface area contributed by atoms with Crippen molar-refractivity contribution >= 4 is 26.8 Å². The number of H-pyrrole nitrogens is 1. The fourth-order valence-corrected chi connectivity index (χ4v) is 5.21. The number of amides is 1. The Morgan fingerprint density at radius 1 is 1.17 bits per heavy atom. The van der Waals surface area contributed by atoms with Gasteiger partial charge in [0.2, 0.25) is 10.0 Å². The Morgan fingerprint density at radius 2 is 1.90 bits per heavy atom. The number of rotatable bonds is 6. The molecule has 0 unspecified atom stereocenters. The van der Waals surface area contributed by atoms with E-state index in [1.807, 2.05) is 30.3 Å². The minimum Gasteiger partial charge on any atom is -0.491 e. The van der Waals surface area contributed by atoms with Gasteiger partial charge in [0.25, 0.3) is 5.91 Å². The summed E-state index contributed by atoms with van der Waals surface area (Å²) in [6, 6.07) is 16.1. The average Bonchev–Trinajstić information content (AvgIpc) is 3.14. The number of carbonyl (C=O) groups excluding carboxylic acids is 1. The van der Waals surface area contributed by atoms with Gasteiger partial charge in [-0.2, -0.15) is 4.31 Å². The van der Waals surface area contributed by atoms with Gasteiger partial charge < -0.3 is 20.2 Å². The lowest BCUT2D eigenvalue weighted by Crippen LogP contribution is -2.47. The molecule has 1 amide bonds. The highest BCUT2D eigenvalue weighted by molar-refractivity contribution is 7.89. The van der Waals surface area contributed by atoms with Crippen molar-refractivity contribution in [3.05, 3.63) is 60.3 Å². The van der Waals surface area contributed by atoms with Gasteiger partial charge in [-0.3, -0.25) is 4.79 Å². The average molecular weight is 415 g/mol. The first-order valence-electron chi connectivity index (χ1n) is 9.17. The number of morpholine rings is 1. The van der Waals surface area contributed by atoms with Crippen molar-refractivity contribution in [2.45, 2.75) is 11.0 Å². The number of primary amides is 1. The number of hydrogen-bond acceptors (Lipinski definition) is 5. The Bertz CT molecular complexity index is 1130. The maximum atomic E-state index is 13.4. The molecular formula is C20H21N3O5S. The molecule has 4 rings (SSSR count). The Labute approximate surface area is 168 Å². The third-order valence-corrected chi connectivity index (χ3v) is 6.73. The van der Waals surface area contributed by atoms with Crippen LogP contribution in [-0.4, -0.2) is 56.0 Å². The van der Waals surface area contributed by atoms with Crippen LogP contribution in [0.4, 0.5) is 0 Å². The molecule has 2 heterocycles. The summed E-state index contributed by atoms with van der Waals surface area (Å²) in [5, 5.41) is 0.435. The highest BCUT2D eigenvalue weighted by atomic mass is 32.2. The van der Waals surface area contributed by atoms with Crippen LogP contribution in [0, 0.1) is 0 Å². The molecule has 1 atom stereocenters. The molecule has 0 spiro atoms. The number of fused-ring (bicyclic) bond motifs is 1. The predicted octanol–water partition coefficient (Wildman–Crippen LogP) is 1.74. The lowest BCUT2D eigenvalue weighted by Gasteiger charge is -2.32. The molecule has 1 aliphatic rings. The molecule has 0 aliphatic carbocycles. The van der Waals surface area contributed by atoms with E-state index in [-0.39, 0.29) is 36.9 Å². The first-order chi connectivity index (χ1) is 14.0. The Morgan fingerprint density at radius 3 is 2.66 bits per heavy atom. The Balaban J connectivity index is 1.60. The molecule has 9 heteroatoms. The van der Waals surface area contributed by atoms with Crippen molar-refractivity contribution < 1.29 is 22.7 Å². The summed E-state index contributed by atoms with van der Waals surface area (Å²) in [5.74, 6) is -0.138. The van der Waals surface area contributed by atoms with Gasteiger partial charge in [-0.1, -0.05) is 36.4 Å². The topological polar surface area (TPSA) is 115 Å². The van der Waals surface area contributed by atoms with Gasteiger partial charge in [0.1, 0.15) is 29.0 Å². The van der Waals surface area contributed by atoms with Crippen LogP contribution in [0.25, 0.3) is 10.9 Å². The summed E-state index contributed by atoms with van der Waals surface area (Å²) in [7, 11) is -3.97. The SMILES string of the molecule is NC(=O)c1[nH]c2ccccc2c1S(=O)(=O)N1CCO[C@H](COc2ccccc2)C1. The number of benzene rings is 2. The van der Waals surface area contributed by atoms with E-state index in [9.17, 15) is 13.2 Å². The molecule has 3 aromatic rings. The van der Waals surface area contributed by atoms with E-state index in [1.165, 1.54) is 4.31 Å². The zero-order valence-corrected chi connectivity index (χ0v) is 16.4. The van der Waals surface area contributed by atoms with Crippen LogP contribution < -0.4 is 10.5 Å². The fraction of sp³-hybridized carbons (Fsp3) is 0.250. The Kier molecular flexibility index (Phi) is 5.27. The van der Waals surface area contributed by atoms with Crippen molar-refractivity contribution in [2.75, 3.05) is 26.3 Å². The standard InChI is InChI=1S/C20H21N3O5S/c21-20(24)18-19(16-8-4-5-9-17(16)22-18)29(25,26)23-10-11-27-15(12-23)13-28-14-6-2-1-3-7-14/h1-9,15,22H,10-13H2,(H2,21,24)/t15-/m0/s1. The second-order valence-electron chi connectivity index (χ2n) is 6.72. The zero-order chi connectivity index (χ0) is 20.4. The normalized spacial score (nSPS) is 18.0. The molecule has 3 N–H and O–H groups in total. The van der Waals surface area contributed by atoms with Gasteiger partial charge in [-0.15, -0.1) is 0 Å². The molecule has 8 nitrogen and oxygen atoms in total. The molecule has 29 heavy (non-hydrogen) atoms. The number of aromatic amines is 1. The summed E-state index contributed by atoms with van der Waals surface area (Å²) in [4.78, 5) is 14.6. The molecule has 2 aromatic carbocycles. The minimum atomic E-state index is -3.97. The van der Waals surface area contributed by atoms with Gasteiger partial charge in [-0.05, 0) is 18.2 Å². The number of para-hydroxylation sites is 2. The summed E-state index contributed by atoms with van der Waals surface area (Å²) < 4.78 is 39.5. The zero-order valence-electron chi connectivity index (χ0n) is 15.6. The number of ether oxygens (including phenoxy) is 2. The van der Waals surface area contributed by atoms with Gasteiger partial charge in [0.15, 0.2) is 0 Å². The minimum absolute atomic E-state index is 0.0924. The summed E-state index contributed by atoms with van der Waals surface area (Å²) >= 11 is 0. The van der Waals surface area contributed by atoms with Gasteiger partial charge in [0.05, 0.1) is 6.61 Å². The van der Waals surface area contributed by atoms with Gasteiger partial charge in [0, 0.05) is 24.0 Å². The number of nitrogens with zero attached hydrogens (tertiary/aromatic N) is 1. The lowest BCUT2D eigenvalue weighted by molar-refractivity contribution is -0.0249. The fourth-order valence-electron chi connectivity index (χ4n) is 3.40. The van der Waals surface area contributed by atoms with Crippen LogP contribution in [0.15, 0.2) is 59.5 Å². The van der Waals surface area contributed by atoms with Crippen molar-refractivity contribution in [1.29, 1.82) is 0 Å². The molecule has 0 radical (unpaired) electrons. The van der Waals surface area contributed by atoms with E-state index in [0.717, 1.165) is 0 Å². The summed E-state index contributed by atoms with van der Waals surface area (Å²) in [5.41, 5.74) is 5.87. The molecule has 1 saturated heterocycles. The molecule has 1 aromatic heterocycles. The lowest BCUT2D eigenvalue weighted by atomic mass is 10.2. The second kappa shape index (κ2) is 7.86. The largest absolute Gasteiger partial charge is 0.491 e. The number of nitrogens with one attached hydrogen (secondary N) is 1. The highest BCUT2D eigenvalue weighted by Crippen LogP contribution is 2.30. The van der Waals surface area contributed by atoms with Crippen LogP contribution in [0.3, 0.4) is 0 Å². The van der Waals surface area contributed by atoms with Crippen LogP contribution in [0.2, 0.25) is 0 Å². The van der Waals surface area contributed by atoms with E-state index in [2.05, 4.69) is 4.98 Å². The third-order valence-electron chi connectivity index (χ3n) is 4.78. The van der Waals surface area contributed by atoms with Gasteiger partial charge in [-0.25, -0.2) is 8.42 Å². The first kappa shape index (κ1) is 19.4. The van der Waals surface area contributed by atoms with Crippen molar-refractivity contribution in [2.24, 2.45) is 5.73 Å². The molecule has 0 saturated carbocycles.